The maximum absolute atomic E-state index is 12.0. The van der Waals surface area contributed by atoms with Gasteiger partial charge in [0.05, 0.1) is 45.2 Å². The number of rotatable bonds is 7. The molecule has 1 aliphatic rings. The molecule has 1 rings (SSSR count). The van der Waals surface area contributed by atoms with Gasteiger partial charge in [0.1, 0.15) is 0 Å². The zero-order valence-corrected chi connectivity index (χ0v) is 13.3. The summed E-state index contributed by atoms with van der Waals surface area (Å²) in [5.41, 5.74) is 1.23. The summed E-state index contributed by atoms with van der Waals surface area (Å²) in [6.07, 6.45) is 8.35. The lowest BCUT2D eigenvalue weighted by atomic mass is 10.1. The Balaban J connectivity index is 2.37. The van der Waals surface area contributed by atoms with Crippen molar-refractivity contribution in [3.05, 3.63) is 40.7 Å². The minimum atomic E-state index is -0.0959. The third kappa shape index (κ3) is 6.35. The number of carbonyl (C=O) groups excluding carboxylic acids is 1. The Kier molecular flexibility index (Phi) is 6.30. The molecule has 21 heavy (non-hydrogen) atoms. The fourth-order valence-electron chi connectivity index (χ4n) is 1.96. The number of hydrogen-bond donors (Lipinski definition) is 1. The third-order valence-corrected chi connectivity index (χ3v) is 3.16. The Morgan fingerprint density at radius 2 is 2.05 bits per heavy atom. The van der Waals surface area contributed by atoms with Gasteiger partial charge in [0, 0.05) is 19.8 Å². The third-order valence-electron chi connectivity index (χ3n) is 3.16. The van der Waals surface area contributed by atoms with E-state index in [1.165, 1.54) is 6.20 Å². The lowest BCUT2D eigenvalue weighted by molar-refractivity contribution is -0.870. The van der Waals surface area contributed by atoms with Gasteiger partial charge in [-0.05, 0) is 30.2 Å². The smallest absolute Gasteiger partial charge is 0.252 e. The van der Waals surface area contributed by atoms with Crippen molar-refractivity contribution in [1.29, 1.82) is 0 Å². The first-order valence-corrected chi connectivity index (χ1v) is 7.07. The van der Waals surface area contributed by atoms with Crippen molar-refractivity contribution < 1.29 is 9.28 Å². The summed E-state index contributed by atoms with van der Waals surface area (Å²) in [4.78, 5) is 23.9. The van der Waals surface area contributed by atoms with E-state index >= 15 is 0 Å². The summed E-state index contributed by atoms with van der Waals surface area (Å²) in [6, 6.07) is 0. The first kappa shape index (κ1) is 17.1. The highest BCUT2D eigenvalue weighted by atomic mass is 16.2. The van der Waals surface area contributed by atoms with Crippen molar-refractivity contribution in [2.75, 3.05) is 41.3 Å². The number of nitrogens with one attached hydrogen (secondary N) is 1. The lowest BCUT2D eigenvalue weighted by Crippen LogP contribution is -2.35. The van der Waals surface area contributed by atoms with E-state index < -0.39 is 0 Å². The number of allylic oxidation sites excluding steroid dienone is 1. The first-order chi connectivity index (χ1) is 9.83. The predicted molar refractivity (Wildman–Crippen MR) is 84.0 cm³/mol. The van der Waals surface area contributed by atoms with Gasteiger partial charge in [-0.15, -0.1) is 4.91 Å². The van der Waals surface area contributed by atoms with Gasteiger partial charge in [0.25, 0.3) is 5.91 Å². The van der Waals surface area contributed by atoms with Gasteiger partial charge in [-0.25, -0.2) is 0 Å². The number of nitrogens with zero attached hydrogens (tertiary/aromatic N) is 3. The molecule has 1 heterocycles. The van der Waals surface area contributed by atoms with Gasteiger partial charge >= 0.3 is 0 Å². The standard InChI is InChI=1S/C15H24N4O2/c1-18-12-13(7-8-14(18)11-17-21)15(20)16-9-5-6-10-19(2,3)4/h7-8,11-12H,5-6,9-10H2,1-4H3/p+1/b14-11+. The molecule has 0 saturated heterocycles. The van der Waals surface area contributed by atoms with Crippen molar-refractivity contribution in [1.82, 2.24) is 10.2 Å². The molecule has 0 aliphatic carbocycles. The fraction of sp³-hybridized carbons (Fsp3) is 0.533. The van der Waals surface area contributed by atoms with Crippen molar-refractivity contribution >= 4 is 5.91 Å². The average molecular weight is 293 g/mol. The van der Waals surface area contributed by atoms with Crippen LogP contribution in [0.3, 0.4) is 0 Å². The molecule has 6 nitrogen and oxygen atoms in total. The summed E-state index contributed by atoms with van der Waals surface area (Å²) in [7, 11) is 8.25. The molecule has 0 unspecified atom stereocenters. The molecular weight excluding hydrogens is 268 g/mol. The quantitative estimate of drug-likeness (QED) is 0.440. The Labute approximate surface area is 126 Å². The Hall–Kier alpha value is -1.95. The second-order valence-electron chi connectivity index (χ2n) is 6.16. The molecule has 6 heteroatoms. The topological polar surface area (TPSA) is 61.8 Å². The summed E-state index contributed by atoms with van der Waals surface area (Å²) in [5.74, 6) is -0.0959. The van der Waals surface area contributed by atoms with Gasteiger partial charge in [0.15, 0.2) is 0 Å². The summed E-state index contributed by atoms with van der Waals surface area (Å²) < 4.78 is 0.937. The number of likely N-dealkylation sites (N-methyl/N-ethyl adjacent to an activating group) is 1. The van der Waals surface area contributed by atoms with Gasteiger partial charge in [0.2, 0.25) is 0 Å². The zero-order valence-electron chi connectivity index (χ0n) is 13.3. The SMILES string of the molecule is CN1C=C(C(=O)NCCCC[N+](C)(C)C)C=C/C1=C\N=O. The number of carbonyl (C=O) groups is 1. The highest BCUT2D eigenvalue weighted by molar-refractivity contribution is 5.96. The number of nitroso groups, excluding NO2 is 1. The summed E-state index contributed by atoms with van der Waals surface area (Å²) >= 11 is 0. The highest BCUT2D eigenvalue weighted by Crippen LogP contribution is 2.15. The number of unbranched alkanes of at least 4 members (excludes halogenated alkanes) is 1. The van der Waals surface area contributed by atoms with Crippen molar-refractivity contribution in [2.45, 2.75) is 12.8 Å². The molecule has 1 N–H and O–H groups in total. The molecule has 0 aromatic rings. The van der Waals surface area contributed by atoms with E-state index in [-0.39, 0.29) is 5.91 Å². The van der Waals surface area contributed by atoms with Crippen LogP contribution >= 0.6 is 0 Å². The molecule has 0 atom stereocenters. The molecule has 0 radical (unpaired) electrons. The van der Waals surface area contributed by atoms with Crippen LogP contribution in [0.1, 0.15) is 12.8 Å². The molecule has 1 aliphatic heterocycles. The molecule has 1 amide bonds. The average Bonchev–Trinajstić information content (AvgIpc) is 2.39. The van der Waals surface area contributed by atoms with Crippen LogP contribution in [-0.2, 0) is 4.79 Å². The van der Waals surface area contributed by atoms with Crippen LogP contribution in [0.15, 0.2) is 41.0 Å². The van der Waals surface area contributed by atoms with Crippen LogP contribution in [0, 0.1) is 4.91 Å². The Morgan fingerprint density at radius 3 is 2.62 bits per heavy atom. The molecule has 0 aromatic heterocycles. The van der Waals surface area contributed by atoms with Crippen LogP contribution in [0.5, 0.6) is 0 Å². The minimum absolute atomic E-state index is 0.0959. The van der Waals surface area contributed by atoms with Crippen molar-refractivity contribution in [3.63, 3.8) is 0 Å². The first-order valence-electron chi connectivity index (χ1n) is 7.07. The zero-order chi connectivity index (χ0) is 15.9. The normalized spacial score (nSPS) is 16.9. The number of quaternary nitrogens is 1. The second kappa shape index (κ2) is 7.73. The lowest BCUT2D eigenvalue weighted by Gasteiger charge is -2.23. The van der Waals surface area contributed by atoms with E-state index in [0.29, 0.717) is 17.8 Å². The molecule has 0 aromatic carbocycles. The minimum Gasteiger partial charge on any atom is -0.352 e. The van der Waals surface area contributed by atoms with Gasteiger partial charge in [-0.3, -0.25) is 4.79 Å². The number of amides is 1. The van der Waals surface area contributed by atoms with E-state index in [1.54, 1.807) is 30.3 Å². The maximum Gasteiger partial charge on any atom is 0.252 e. The van der Waals surface area contributed by atoms with Crippen LogP contribution in [0.4, 0.5) is 0 Å². The number of hydrogen-bond acceptors (Lipinski definition) is 4. The monoisotopic (exact) mass is 293 g/mol. The molecule has 0 saturated carbocycles. The van der Waals surface area contributed by atoms with Crippen LogP contribution in [-0.4, -0.2) is 56.6 Å². The van der Waals surface area contributed by atoms with Crippen LogP contribution in [0.25, 0.3) is 0 Å². The van der Waals surface area contributed by atoms with E-state index in [0.717, 1.165) is 23.9 Å². The van der Waals surface area contributed by atoms with Crippen LogP contribution in [0.2, 0.25) is 0 Å². The van der Waals surface area contributed by atoms with E-state index in [9.17, 15) is 9.70 Å². The summed E-state index contributed by atoms with van der Waals surface area (Å²) in [6.45, 7) is 1.76. The molecule has 0 fully saturated rings. The van der Waals surface area contributed by atoms with Crippen molar-refractivity contribution in [2.24, 2.45) is 5.18 Å². The molecular formula is C15H25N4O2+. The highest BCUT2D eigenvalue weighted by Gasteiger charge is 2.13. The maximum atomic E-state index is 12.0. The Bertz CT molecular complexity index is 473. The fourth-order valence-corrected chi connectivity index (χ4v) is 1.96. The Morgan fingerprint density at radius 1 is 1.33 bits per heavy atom. The molecule has 0 spiro atoms. The van der Waals surface area contributed by atoms with E-state index in [2.05, 4.69) is 31.6 Å². The molecule has 116 valence electrons. The van der Waals surface area contributed by atoms with Gasteiger partial charge < -0.3 is 14.7 Å². The van der Waals surface area contributed by atoms with Gasteiger partial charge in [-0.1, -0.05) is 0 Å². The van der Waals surface area contributed by atoms with Crippen LogP contribution < -0.4 is 5.32 Å². The summed E-state index contributed by atoms with van der Waals surface area (Å²) in [5, 5.41) is 5.64. The largest absolute Gasteiger partial charge is 0.352 e. The predicted octanol–water partition coefficient (Wildman–Crippen LogP) is 1.58. The van der Waals surface area contributed by atoms with E-state index in [4.69, 9.17) is 0 Å². The van der Waals surface area contributed by atoms with E-state index in [1.807, 2.05) is 0 Å². The second-order valence-corrected chi connectivity index (χ2v) is 6.16. The molecule has 0 bridgehead atoms. The van der Waals surface area contributed by atoms with Gasteiger partial charge in [-0.2, -0.15) is 0 Å². The van der Waals surface area contributed by atoms with Crippen molar-refractivity contribution in [3.8, 4) is 0 Å².